The highest BCUT2D eigenvalue weighted by Gasteiger charge is 2.18. The number of benzene rings is 3. The van der Waals surface area contributed by atoms with Gasteiger partial charge in [0.1, 0.15) is 5.75 Å². The maximum atomic E-state index is 10.7. The van der Waals surface area contributed by atoms with Crippen molar-refractivity contribution < 1.29 is 9.84 Å². The third kappa shape index (κ3) is 5.39. The average Bonchev–Trinajstić information content (AvgIpc) is 2.69. The van der Waals surface area contributed by atoms with E-state index in [2.05, 4.69) is 5.32 Å². The lowest BCUT2D eigenvalue weighted by Gasteiger charge is -2.24. The number of aliphatic hydroxyl groups excluding tert-OH is 1. The fourth-order valence-electron chi connectivity index (χ4n) is 2.91. The zero-order valence-corrected chi connectivity index (χ0v) is 16.4. The van der Waals surface area contributed by atoms with Gasteiger partial charge in [0.25, 0.3) is 0 Å². The Bertz CT molecular complexity index is 849. The molecule has 0 aromatic heterocycles. The first-order chi connectivity index (χ1) is 13.0. The van der Waals surface area contributed by atoms with Crippen LogP contribution in [0.15, 0.2) is 72.8 Å². The first kappa shape index (κ1) is 19.6. The van der Waals surface area contributed by atoms with E-state index in [1.54, 1.807) is 19.2 Å². The minimum atomic E-state index is -0.631. The van der Waals surface area contributed by atoms with Crippen molar-refractivity contribution in [2.24, 2.45) is 0 Å². The lowest BCUT2D eigenvalue weighted by molar-refractivity contribution is 0.160. The van der Waals surface area contributed by atoms with Crippen molar-refractivity contribution >= 4 is 28.9 Å². The normalized spacial score (nSPS) is 13.0. The van der Waals surface area contributed by atoms with Crippen LogP contribution >= 0.6 is 23.2 Å². The number of rotatable bonds is 7. The summed E-state index contributed by atoms with van der Waals surface area (Å²) in [6.07, 6.45) is -0.136. The van der Waals surface area contributed by atoms with Crippen LogP contribution in [0.3, 0.4) is 0 Å². The molecule has 0 heterocycles. The van der Waals surface area contributed by atoms with Crippen molar-refractivity contribution in [2.45, 2.75) is 18.6 Å². The van der Waals surface area contributed by atoms with Crippen molar-refractivity contribution in [1.29, 1.82) is 0 Å². The number of hydrogen-bond acceptors (Lipinski definition) is 3. The Balaban J connectivity index is 1.82. The van der Waals surface area contributed by atoms with Crippen LogP contribution in [0.25, 0.3) is 0 Å². The summed E-state index contributed by atoms with van der Waals surface area (Å²) >= 11 is 12.0. The summed E-state index contributed by atoms with van der Waals surface area (Å²) in [7, 11) is 1.64. The van der Waals surface area contributed by atoms with Crippen molar-refractivity contribution in [2.75, 3.05) is 12.4 Å². The van der Waals surface area contributed by atoms with Crippen LogP contribution in [-0.2, 0) is 0 Å². The molecule has 0 aliphatic carbocycles. The topological polar surface area (TPSA) is 41.5 Å². The lowest BCUT2D eigenvalue weighted by atomic mass is 9.96. The maximum absolute atomic E-state index is 10.7. The average molecular weight is 402 g/mol. The summed E-state index contributed by atoms with van der Waals surface area (Å²) < 4.78 is 5.21. The summed E-state index contributed by atoms with van der Waals surface area (Å²) in [5.41, 5.74) is 2.82. The van der Waals surface area contributed by atoms with Crippen molar-refractivity contribution in [3.63, 3.8) is 0 Å². The molecule has 5 heteroatoms. The van der Waals surface area contributed by atoms with Gasteiger partial charge >= 0.3 is 0 Å². The molecule has 3 aromatic carbocycles. The number of methoxy groups -OCH3 is 1. The summed E-state index contributed by atoms with van der Waals surface area (Å²) in [6.45, 7) is 0. The molecular weight excluding hydrogens is 381 g/mol. The van der Waals surface area contributed by atoms with Gasteiger partial charge in [0.05, 0.1) is 19.3 Å². The minimum absolute atomic E-state index is 0.0960. The molecule has 2 N–H and O–H groups in total. The van der Waals surface area contributed by atoms with Crippen LogP contribution in [0, 0.1) is 0 Å². The molecule has 0 saturated heterocycles. The number of aliphatic hydroxyl groups is 1. The Morgan fingerprint density at radius 2 is 1.33 bits per heavy atom. The van der Waals surface area contributed by atoms with Gasteiger partial charge in [0.15, 0.2) is 0 Å². The number of hydrogen-bond donors (Lipinski definition) is 2. The second kappa shape index (κ2) is 9.14. The third-order valence-corrected chi connectivity index (χ3v) is 4.92. The van der Waals surface area contributed by atoms with E-state index in [1.165, 1.54) is 0 Å². The van der Waals surface area contributed by atoms with Crippen molar-refractivity contribution in [1.82, 2.24) is 0 Å². The number of ether oxygens (including phenoxy) is 1. The molecule has 0 aliphatic rings. The summed E-state index contributed by atoms with van der Waals surface area (Å²) in [5.74, 6) is 0.796. The van der Waals surface area contributed by atoms with Crippen LogP contribution in [0.4, 0.5) is 5.69 Å². The largest absolute Gasteiger partial charge is 0.497 e. The van der Waals surface area contributed by atoms with E-state index in [4.69, 9.17) is 27.9 Å². The smallest absolute Gasteiger partial charge is 0.119 e. The fourth-order valence-corrected chi connectivity index (χ4v) is 3.16. The SMILES string of the molecule is COc1ccc(NC(CC(O)c2ccc(Cl)cc2)c2ccc(Cl)cc2)cc1. The fraction of sp³-hybridized carbons (Fsp3) is 0.182. The monoisotopic (exact) mass is 401 g/mol. The maximum Gasteiger partial charge on any atom is 0.119 e. The Labute approximate surface area is 169 Å². The number of halogens is 2. The van der Waals surface area contributed by atoms with Gasteiger partial charge in [-0.1, -0.05) is 47.5 Å². The molecule has 2 atom stereocenters. The number of nitrogens with one attached hydrogen (secondary N) is 1. The van der Waals surface area contributed by atoms with Gasteiger partial charge in [-0.3, -0.25) is 0 Å². The molecule has 0 saturated carbocycles. The second-order valence-corrected chi connectivity index (χ2v) is 7.15. The van der Waals surface area contributed by atoms with Gasteiger partial charge in [-0.05, 0) is 59.7 Å². The van der Waals surface area contributed by atoms with Crippen LogP contribution in [0.2, 0.25) is 10.0 Å². The molecule has 0 fully saturated rings. The van der Waals surface area contributed by atoms with E-state index < -0.39 is 6.10 Å². The molecule has 2 unspecified atom stereocenters. The molecule has 3 rings (SSSR count). The van der Waals surface area contributed by atoms with E-state index in [1.807, 2.05) is 60.7 Å². The molecular formula is C22H21Cl2NO2. The summed E-state index contributed by atoms with van der Waals surface area (Å²) in [5, 5.41) is 15.6. The molecule has 3 nitrogen and oxygen atoms in total. The predicted molar refractivity (Wildman–Crippen MR) is 112 cm³/mol. The predicted octanol–water partition coefficient (Wildman–Crippen LogP) is 6.28. The van der Waals surface area contributed by atoms with Gasteiger partial charge in [-0.15, -0.1) is 0 Å². The molecule has 0 radical (unpaired) electrons. The van der Waals surface area contributed by atoms with Gasteiger partial charge in [-0.2, -0.15) is 0 Å². The van der Waals surface area contributed by atoms with Gasteiger partial charge < -0.3 is 15.2 Å². The lowest BCUT2D eigenvalue weighted by Crippen LogP contribution is -2.15. The quantitative estimate of drug-likeness (QED) is 0.489. The first-order valence-corrected chi connectivity index (χ1v) is 9.40. The summed E-state index contributed by atoms with van der Waals surface area (Å²) in [6, 6.07) is 22.5. The highest BCUT2D eigenvalue weighted by Crippen LogP contribution is 2.31. The zero-order chi connectivity index (χ0) is 19.2. The second-order valence-electron chi connectivity index (χ2n) is 6.28. The first-order valence-electron chi connectivity index (χ1n) is 8.65. The Hall–Kier alpha value is -2.20. The van der Waals surface area contributed by atoms with Gasteiger partial charge in [0, 0.05) is 22.2 Å². The summed E-state index contributed by atoms with van der Waals surface area (Å²) in [4.78, 5) is 0. The third-order valence-electron chi connectivity index (χ3n) is 4.42. The van der Waals surface area contributed by atoms with Crippen molar-refractivity contribution in [3.05, 3.63) is 94.0 Å². The zero-order valence-electron chi connectivity index (χ0n) is 14.9. The Morgan fingerprint density at radius 1 is 0.815 bits per heavy atom. The molecule has 27 heavy (non-hydrogen) atoms. The van der Waals surface area contributed by atoms with Gasteiger partial charge in [-0.25, -0.2) is 0 Å². The van der Waals surface area contributed by atoms with Crippen LogP contribution < -0.4 is 10.1 Å². The highest BCUT2D eigenvalue weighted by atomic mass is 35.5. The van der Waals surface area contributed by atoms with E-state index in [0.717, 1.165) is 22.6 Å². The van der Waals surface area contributed by atoms with E-state index in [-0.39, 0.29) is 6.04 Å². The highest BCUT2D eigenvalue weighted by molar-refractivity contribution is 6.30. The van der Waals surface area contributed by atoms with Crippen LogP contribution in [0.5, 0.6) is 5.75 Å². The van der Waals surface area contributed by atoms with E-state index in [0.29, 0.717) is 16.5 Å². The molecule has 0 amide bonds. The molecule has 3 aromatic rings. The van der Waals surface area contributed by atoms with Gasteiger partial charge in [0.2, 0.25) is 0 Å². The number of anilines is 1. The molecule has 0 spiro atoms. The van der Waals surface area contributed by atoms with Crippen molar-refractivity contribution in [3.8, 4) is 5.75 Å². The van der Waals surface area contributed by atoms with Crippen LogP contribution in [0.1, 0.15) is 29.7 Å². The molecule has 0 aliphatic heterocycles. The standard InChI is InChI=1S/C22H21Cl2NO2/c1-27-20-12-10-19(11-13-20)25-21(15-2-6-17(23)7-3-15)14-22(26)16-4-8-18(24)9-5-16/h2-13,21-22,25-26H,14H2,1H3. The van der Waals surface area contributed by atoms with E-state index >= 15 is 0 Å². The Kier molecular flexibility index (Phi) is 6.62. The molecule has 140 valence electrons. The molecule has 0 bridgehead atoms. The van der Waals surface area contributed by atoms with Crippen LogP contribution in [-0.4, -0.2) is 12.2 Å². The van der Waals surface area contributed by atoms with E-state index in [9.17, 15) is 5.11 Å². The minimum Gasteiger partial charge on any atom is -0.497 e. The Morgan fingerprint density at radius 3 is 1.85 bits per heavy atom.